The molecule has 62 valence electrons. The van der Waals surface area contributed by atoms with Gasteiger partial charge in [0.15, 0.2) is 5.65 Å². The van der Waals surface area contributed by atoms with Crippen LogP contribution in [0.3, 0.4) is 0 Å². The monoisotopic (exact) mass is 163 g/mol. The van der Waals surface area contributed by atoms with Crippen molar-refractivity contribution in [3.05, 3.63) is 24.7 Å². The number of imidazole rings is 1. The molecular formula is C8H9N3O. The number of hydrogen-bond donors (Lipinski definition) is 1. The Bertz CT molecular complexity index is 382. The molecule has 4 nitrogen and oxygen atoms in total. The van der Waals surface area contributed by atoms with Crippen molar-refractivity contribution in [2.45, 2.75) is 6.54 Å². The lowest BCUT2D eigenvalue weighted by atomic mass is 10.4. The Hall–Kier alpha value is -1.42. The highest BCUT2D eigenvalue weighted by atomic mass is 16.3. The van der Waals surface area contributed by atoms with Crippen molar-refractivity contribution >= 4 is 11.2 Å². The second-order valence-corrected chi connectivity index (χ2v) is 2.51. The molecule has 4 heteroatoms. The summed E-state index contributed by atoms with van der Waals surface area (Å²) in [6.45, 7) is 0.662. The first kappa shape index (κ1) is 7.24. The van der Waals surface area contributed by atoms with Crippen molar-refractivity contribution in [1.82, 2.24) is 14.5 Å². The van der Waals surface area contributed by atoms with Gasteiger partial charge in [0.05, 0.1) is 12.9 Å². The smallest absolute Gasteiger partial charge is 0.159 e. The fraction of sp³-hybridized carbons (Fsp3) is 0.250. The molecule has 0 atom stereocenters. The van der Waals surface area contributed by atoms with Crippen molar-refractivity contribution in [3.8, 4) is 0 Å². The molecule has 0 aliphatic carbocycles. The van der Waals surface area contributed by atoms with E-state index in [0.717, 1.165) is 11.2 Å². The van der Waals surface area contributed by atoms with E-state index in [0.29, 0.717) is 6.54 Å². The lowest BCUT2D eigenvalue weighted by Gasteiger charge is -1.97. The van der Waals surface area contributed by atoms with Gasteiger partial charge in [-0.1, -0.05) is 0 Å². The predicted octanol–water partition coefficient (Wildman–Crippen LogP) is 0.424. The van der Waals surface area contributed by atoms with E-state index in [1.54, 1.807) is 12.5 Å². The van der Waals surface area contributed by atoms with E-state index in [4.69, 9.17) is 5.11 Å². The summed E-state index contributed by atoms with van der Waals surface area (Å²) < 4.78 is 1.83. The van der Waals surface area contributed by atoms with Crippen LogP contribution < -0.4 is 0 Å². The quantitative estimate of drug-likeness (QED) is 0.698. The van der Waals surface area contributed by atoms with Gasteiger partial charge in [-0.25, -0.2) is 9.97 Å². The molecule has 0 saturated carbocycles. The molecule has 2 rings (SSSR count). The Morgan fingerprint density at radius 1 is 1.42 bits per heavy atom. The molecule has 2 heterocycles. The molecule has 1 N–H and O–H groups in total. The number of aliphatic hydroxyl groups is 1. The Morgan fingerprint density at radius 3 is 3.17 bits per heavy atom. The third-order valence-corrected chi connectivity index (χ3v) is 1.72. The number of nitrogens with zero attached hydrogens (tertiary/aromatic N) is 3. The summed E-state index contributed by atoms with van der Waals surface area (Å²) in [7, 11) is 0. The predicted molar refractivity (Wildman–Crippen MR) is 44.6 cm³/mol. The summed E-state index contributed by atoms with van der Waals surface area (Å²) >= 11 is 0. The zero-order chi connectivity index (χ0) is 8.39. The standard InChI is InChI=1S/C8H9N3O/c12-5-4-11-6-10-7-2-1-3-9-8(7)11/h1-3,6,12H,4-5H2. The van der Waals surface area contributed by atoms with E-state index < -0.39 is 0 Å². The van der Waals surface area contributed by atoms with Gasteiger partial charge in [-0.2, -0.15) is 0 Å². The van der Waals surface area contributed by atoms with E-state index >= 15 is 0 Å². The third kappa shape index (κ3) is 1.06. The molecule has 0 fully saturated rings. The molecule has 0 aliphatic rings. The van der Waals surface area contributed by atoms with Crippen molar-refractivity contribution < 1.29 is 5.11 Å². The molecule has 0 radical (unpaired) electrons. The second-order valence-electron chi connectivity index (χ2n) is 2.51. The molecule has 0 amide bonds. The SMILES string of the molecule is OCCn1cnc2cccnc21. The molecule has 0 bridgehead atoms. The van der Waals surface area contributed by atoms with Crippen LogP contribution in [0.4, 0.5) is 0 Å². The summed E-state index contributed by atoms with van der Waals surface area (Å²) in [5.74, 6) is 0. The summed E-state index contributed by atoms with van der Waals surface area (Å²) in [6.07, 6.45) is 3.41. The molecule has 0 spiro atoms. The number of rotatable bonds is 2. The Morgan fingerprint density at radius 2 is 2.33 bits per heavy atom. The van der Waals surface area contributed by atoms with Gasteiger partial charge in [0.25, 0.3) is 0 Å². The van der Waals surface area contributed by atoms with Crippen LogP contribution in [-0.4, -0.2) is 26.2 Å². The average molecular weight is 163 g/mol. The Labute approximate surface area is 69.5 Å². The number of hydrogen-bond acceptors (Lipinski definition) is 3. The van der Waals surface area contributed by atoms with Gasteiger partial charge in [0.1, 0.15) is 5.52 Å². The van der Waals surface area contributed by atoms with Crippen LogP contribution in [-0.2, 0) is 6.54 Å². The van der Waals surface area contributed by atoms with Crippen molar-refractivity contribution in [3.63, 3.8) is 0 Å². The molecular weight excluding hydrogens is 154 g/mol. The molecule has 0 aromatic carbocycles. The van der Waals surface area contributed by atoms with Crippen LogP contribution in [0.2, 0.25) is 0 Å². The molecule has 0 saturated heterocycles. The van der Waals surface area contributed by atoms with Gasteiger partial charge in [0, 0.05) is 12.7 Å². The fourth-order valence-electron chi connectivity index (χ4n) is 1.17. The van der Waals surface area contributed by atoms with E-state index in [2.05, 4.69) is 9.97 Å². The number of fused-ring (bicyclic) bond motifs is 1. The first-order chi connectivity index (χ1) is 5.92. The summed E-state index contributed by atoms with van der Waals surface area (Å²) in [5.41, 5.74) is 1.69. The highest BCUT2D eigenvalue weighted by molar-refractivity contribution is 5.69. The number of pyridine rings is 1. The van der Waals surface area contributed by atoms with Crippen LogP contribution in [0.1, 0.15) is 0 Å². The minimum Gasteiger partial charge on any atom is -0.395 e. The lowest BCUT2D eigenvalue weighted by Crippen LogP contribution is -2.00. The third-order valence-electron chi connectivity index (χ3n) is 1.72. The molecule has 0 unspecified atom stereocenters. The normalized spacial score (nSPS) is 10.8. The van der Waals surface area contributed by atoms with Crippen LogP contribution in [0.25, 0.3) is 11.2 Å². The zero-order valence-electron chi connectivity index (χ0n) is 6.51. The maximum atomic E-state index is 8.72. The van der Waals surface area contributed by atoms with Crippen LogP contribution in [0.5, 0.6) is 0 Å². The highest BCUT2D eigenvalue weighted by Crippen LogP contribution is 2.07. The highest BCUT2D eigenvalue weighted by Gasteiger charge is 2.00. The van der Waals surface area contributed by atoms with E-state index in [-0.39, 0.29) is 6.61 Å². The Balaban J connectivity index is 2.55. The molecule has 12 heavy (non-hydrogen) atoms. The second kappa shape index (κ2) is 2.91. The fourth-order valence-corrected chi connectivity index (χ4v) is 1.17. The average Bonchev–Trinajstić information content (AvgIpc) is 2.50. The molecule has 0 aliphatic heterocycles. The summed E-state index contributed by atoms with van der Waals surface area (Å²) in [5, 5.41) is 8.72. The number of aliphatic hydroxyl groups excluding tert-OH is 1. The van der Waals surface area contributed by atoms with Gasteiger partial charge in [-0.3, -0.25) is 0 Å². The first-order valence-corrected chi connectivity index (χ1v) is 3.78. The van der Waals surface area contributed by atoms with Crippen molar-refractivity contribution in [2.24, 2.45) is 0 Å². The topological polar surface area (TPSA) is 50.9 Å². The van der Waals surface area contributed by atoms with Gasteiger partial charge in [0.2, 0.25) is 0 Å². The van der Waals surface area contributed by atoms with E-state index in [1.807, 2.05) is 16.7 Å². The van der Waals surface area contributed by atoms with E-state index in [9.17, 15) is 0 Å². The maximum absolute atomic E-state index is 8.72. The zero-order valence-corrected chi connectivity index (χ0v) is 6.51. The van der Waals surface area contributed by atoms with Gasteiger partial charge >= 0.3 is 0 Å². The minimum absolute atomic E-state index is 0.113. The largest absolute Gasteiger partial charge is 0.395 e. The molecule has 2 aromatic rings. The molecule has 2 aromatic heterocycles. The number of aromatic nitrogens is 3. The summed E-state index contributed by atoms with van der Waals surface area (Å²) in [6, 6.07) is 3.74. The van der Waals surface area contributed by atoms with Crippen LogP contribution in [0.15, 0.2) is 24.7 Å². The van der Waals surface area contributed by atoms with Crippen LogP contribution in [0, 0.1) is 0 Å². The summed E-state index contributed by atoms with van der Waals surface area (Å²) in [4.78, 5) is 8.28. The van der Waals surface area contributed by atoms with Crippen molar-refractivity contribution in [1.29, 1.82) is 0 Å². The van der Waals surface area contributed by atoms with Gasteiger partial charge in [-0.15, -0.1) is 0 Å². The Kier molecular flexibility index (Phi) is 1.75. The van der Waals surface area contributed by atoms with Gasteiger partial charge < -0.3 is 9.67 Å². The lowest BCUT2D eigenvalue weighted by molar-refractivity contribution is 0.277. The van der Waals surface area contributed by atoms with Crippen molar-refractivity contribution in [2.75, 3.05) is 6.61 Å². The van der Waals surface area contributed by atoms with E-state index in [1.165, 1.54) is 0 Å². The minimum atomic E-state index is 0.113. The maximum Gasteiger partial charge on any atom is 0.159 e. The first-order valence-electron chi connectivity index (χ1n) is 3.78. The van der Waals surface area contributed by atoms with Crippen LogP contribution >= 0.6 is 0 Å². The van der Waals surface area contributed by atoms with Gasteiger partial charge in [-0.05, 0) is 12.1 Å².